The number of aliphatic hydroxyl groups is 1. The molecule has 0 saturated heterocycles. The first-order valence-corrected chi connectivity index (χ1v) is 14.5. The highest BCUT2D eigenvalue weighted by Gasteiger charge is 2.74. The van der Waals surface area contributed by atoms with Crippen molar-refractivity contribution in [3.8, 4) is 0 Å². The van der Waals surface area contributed by atoms with Crippen molar-refractivity contribution in [1.82, 2.24) is 0 Å². The molecule has 4 fully saturated rings. The fraction of sp³-hybridized carbons (Fsp3) is 0.964. The average molecular weight is 667 g/mol. The van der Waals surface area contributed by atoms with Crippen LogP contribution in [0.4, 0.5) is 52.7 Å². The van der Waals surface area contributed by atoms with Gasteiger partial charge in [-0.3, -0.25) is 0 Å². The van der Waals surface area contributed by atoms with Crippen LogP contribution in [0.3, 0.4) is 0 Å². The van der Waals surface area contributed by atoms with Crippen molar-refractivity contribution in [2.24, 2.45) is 59.2 Å². The maximum atomic E-state index is 13.4. The van der Waals surface area contributed by atoms with Gasteiger partial charge in [-0.25, -0.2) is 4.79 Å². The van der Waals surface area contributed by atoms with Crippen molar-refractivity contribution < 1.29 is 72.4 Å². The number of aliphatic carboxylic acids is 1. The zero-order valence-electron chi connectivity index (χ0n) is 24.5. The Morgan fingerprint density at radius 2 is 0.977 bits per heavy atom. The summed E-state index contributed by atoms with van der Waals surface area (Å²) >= 11 is 0. The van der Waals surface area contributed by atoms with Crippen LogP contribution in [0.15, 0.2) is 0 Å². The first kappa shape index (κ1) is 37.0. The molecule has 0 amide bonds. The van der Waals surface area contributed by atoms with E-state index in [1.165, 1.54) is 0 Å². The molecule has 4 rings (SSSR count). The first-order valence-electron chi connectivity index (χ1n) is 14.5. The second-order valence-corrected chi connectivity index (χ2v) is 13.5. The largest absolute Gasteiger partial charge is 0.480 e. The van der Waals surface area contributed by atoms with Gasteiger partial charge in [0.1, 0.15) is 6.61 Å². The molecule has 4 aliphatic carbocycles. The maximum absolute atomic E-state index is 13.4. The number of ether oxygens (including phenoxy) is 1. The monoisotopic (exact) mass is 666 g/mol. The van der Waals surface area contributed by atoms with E-state index >= 15 is 0 Å². The molecule has 0 aromatic carbocycles. The van der Waals surface area contributed by atoms with Gasteiger partial charge in [-0.05, 0) is 97.7 Å². The summed E-state index contributed by atoms with van der Waals surface area (Å²) in [5.41, 5.74) is -9.02. The molecular formula is C28H38F12O4. The maximum Gasteiger partial charge on any atom is 0.426 e. The lowest BCUT2D eigenvalue weighted by molar-refractivity contribution is -0.385. The zero-order chi connectivity index (χ0) is 34.0. The fourth-order valence-electron chi connectivity index (χ4n) is 8.60. The molecule has 0 radical (unpaired) electrons. The molecule has 0 aliphatic heterocycles. The highest BCUT2D eigenvalue weighted by molar-refractivity contribution is 5.68. The van der Waals surface area contributed by atoms with Crippen LogP contribution in [0.5, 0.6) is 0 Å². The second-order valence-electron chi connectivity index (χ2n) is 13.5. The summed E-state index contributed by atoms with van der Waals surface area (Å²) in [7, 11) is 0. The molecule has 0 heterocycles. The van der Waals surface area contributed by atoms with Crippen LogP contribution in [0, 0.1) is 59.2 Å². The first-order chi connectivity index (χ1) is 19.7. The van der Waals surface area contributed by atoms with Crippen LogP contribution in [0.2, 0.25) is 0 Å². The van der Waals surface area contributed by atoms with Gasteiger partial charge in [0, 0.05) is 0 Å². The van der Waals surface area contributed by atoms with Crippen molar-refractivity contribution in [3.05, 3.63) is 0 Å². The van der Waals surface area contributed by atoms with Crippen molar-refractivity contribution in [1.29, 1.82) is 0 Å². The molecule has 0 spiro atoms. The Labute approximate surface area is 246 Å². The van der Waals surface area contributed by atoms with E-state index in [1.54, 1.807) is 0 Å². The minimum Gasteiger partial charge on any atom is -0.480 e. The number of carbonyl (C=O) groups is 1. The fourth-order valence-corrected chi connectivity index (χ4v) is 8.60. The summed E-state index contributed by atoms with van der Waals surface area (Å²) in [6.07, 6.45) is -23.5. The van der Waals surface area contributed by atoms with Gasteiger partial charge in [0.25, 0.3) is 11.2 Å². The van der Waals surface area contributed by atoms with Crippen LogP contribution >= 0.6 is 0 Å². The number of carboxylic acid groups (broad SMARTS) is 1. The predicted octanol–water partition coefficient (Wildman–Crippen LogP) is 8.43. The van der Waals surface area contributed by atoms with E-state index in [0.717, 1.165) is 0 Å². The van der Waals surface area contributed by atoms with E-state index in [-0.39, 0.29) is 41.4 Å². The van der Waals surface area contributed by atoms with Gasteiger partial charge in [0.15, 0.2) is 0 Å². The molecule has 4 bridgehead atoms. The molecule has 2 N–H and O–H groups in total. The molecule has 44 heavy (non-hydrogen) atoms. The van der Waals surface area contributed by atoms with Crippen LogP contribution in [0.25, 0.3) is 0 Å². The lowest BCUT2D eigenvalue weighted by atomic mass is 9.71. The van der Waals surface area contributed by atoms with Gasteiger partial charge in [0.05, 0.1) is 0 Å². The number of fused-ring (bicyclic) bond motifs is 4. The SMILES string of the molecule is CC1C2CC(CC(O)(C(F)(F)F)C(F)(F)F)C(C2)C1C.CC1C2CC(CC(OCC(=O)O)(C(F)(F)F)C(F)(F)F)C(C2)C1C. The molecule has 4 nitrogen and oxygen atoms in total. The van der Waals surface area contributed by atoms with Gasteiger partial charge in [-0.1, -0.05) is 27.7 Å². The Morgan fingerprint density at radius 3 is 1.25 bits per heavy atom. The molecular weight excluding hydrogens is 628 g/mol. The molecule has 0 aromatic heterocycles. The molecule has 10 unspecified atom stereocenters. The van der Waals surface area contributed by atoms with Crippen molar-refractivity contribution >= 4 is 5.97 Å². The van der Waals surface area contributed by atoms with Gasteiger partial charge in [-0.2, -0.15) is 52.7 Å². The Morgan fingerprint density at radius 1 is 0.614 bits per heavy atom. The lowest BCUT2D eigenvalue weighted by Gasteiger charge is -2.41. The van der Waals surface area contributed by atoms with Crippen LogP contribution < -0.4 is 0 Å². The summed E-state index contributed by atoms with van der Waals surface area (Å²) < 4.78 is 160. The Bertz CT molecular complexity index is 988. The summed E-state index contributed by atoms with van der Waals surface area (Å²) in [5, 5.41) is 17.8. The minimum atomic E-state index is -5.74. The summed E-state index contributed by atoms with van der Waals surface area (Å²) in [5.74, 6) is -2.65. The highest BCUT2D eigenvalue weighted by Crippen LogP contribution is 2.61. The lowest BCUT2D eigenvalue weighted by Crippen LogP contribution is -2.60. The normalized spacial score (nSPS) is 36.0. The van der Waals surface area contributed by atoms with Crippen molar-refractivity contribution in [2.75, 3.05) is 6.61 Å². The summed E-state index contributed by atoms with van der Waals surface area (Å²) in [4.78, 5) is 10.5. The third kappa shape index (κ3) is 6.53. The number of halogens is 12. The molecule has 4 aliphatic rings. The average Bonchev–Trinajstić information content (AvgIpc) is 3.57. The standard InChI is InChI=1S/C15H20F6O3.C13H18F6O/c1-7-8(2)11-4-9(7)3-10(11)5-13(14(16,17)18,15(19,20)21)24-6-12(22)23;1-6-7(2)10-4-8(6)3-9(10)5-11(20,12(14,15)16)13(17,18)19/h7-11H,3-6H2,1-2H3,(H,22,23);6-10,20H,3-5H2,1-2H3. The number of rotatable bonds is 7. The van der Waals surface area contributed by atoms with Gasteiger partial charge in [0.2, 0.25) is 0 Å². The van der Waals surface area contributed by atoms with Gasteiger partial charge < -0.3 is 14.9 Å². The van der Waals surface area contributed by atoms with Crippen molar-refractivity contribution in [3.63, 3.8) is 0 Å². The van der Waals surface area contributed by atoms with Gasteiger partial charge in [-0.15, -0.1) is 0 Å². The smallest absolute Gasteiger partial charge is 0.426 e. The second kappa shape index (κ2) is 12.0. The Hall–Kier alpha value is -1.45. The third-order valence-corrected chi connectivity index (χ3v) is 11.5. The van der Waals surface area contributed by atoms with E-state index in [1.807, 2.05) is 27.7 Å². The number of hydrogen-bond donors (Lipinski definition) is 2. The van der Waals surface area contributed by atoms with Gasteiger partial charge >= 0.3 is 30.7 Å². The predicted molar refractivity (Wildman–Crippen MR) is 131 cm³/mol. The molecule has 4 saturated carbocycles. The van der Waals surface area contributed by atoms with Crippen LogP contribution in [-0.4, -0.2) is 58.7 Å². The Kier molecular flexibility index (Phi) is 10.1. The zero-order valence-corrected chi connectivity index (χ0v) is 24.5. The molecule has 10 atom stereocenters. The van der Waals surface area contributed by atoms with Crippen molar-refractivity contribution in [2.45, 2.75) is 102 Å². The summed E-state index contributed by atoms with van der Waals surface area (Å²) in [6.45, 7) is 6.04. The van der Waals surface area contributed by atoms with E-state index < -0.39 is 73.2 Å². The molecule has 16 heteroatoms. The molecule has 258 valence electrons. The van der Waals surface area contributed by atoms with E-state index in [9.17, 15) is 62.6 Å². The van der Waals surface area contributed by atoms with E-state index in [0.29, 0.717) is 31.6 Å². The van der Waals surface area contributed by atoms with Crippen LogP contribution in [0.1, 0.15) is 66.2 Å². The third-order valence-electron chi connectivity index (χ3n) is 11.5. The highest BCUT2D eigenvalue weighted by atomic mass is 19.4. The minimum absolute atomic E-state index is 0.0485. The van der Waals surface area contributed by atoms with E-state index in [4.69, 9.17) is 5.11 Å². The number of hydrogen-bond acceptors (Lipinski definition) is 3. The number of alkyl halides is 12. The Balaban J connectivity index is 0.000000244. The topological polar surface area (TPSA) is 66.8 Å². The van der Waals surface area contributed by atoms with Crippen LogP contribution in [-0.2, 0) is 9.53 Å². The number of carboxylic acids is 1. The molecule has 0 aromatic rings. The van der Waals surface area contributed by atoms with E-state index in [2.05, 4.69) is 4.74 Å². The quantitative estimate of drug-likeness (QED) is 0.268. The summed E-state index contributed by atoms with van der Waals surface area (Å²) in [6, 6.07) is 0.